The summed E-state index contributed by atoms with van der Waals surface area (Å²) in [6.07, 6.45) is 1.35. The molecule has 9 atom stereocenters. The Morgan fingerprint density at radius 1 is 0.883 bits per heavy atom. The predicted molar refractivity (Wildman–Crippen MR) is 241 cm³/mol. The number of amides is 4. The fourth-order valence-electron chi connectivity index (χ4n) is 8.67. The normalized spacial score (nSPS) is 18.4. The summed E-state index contributed by atoms with van der Waals surface area (Å²) in [5, 5.41) is 9.53. The van der Waals surface area contributed by atoms with Crippen molar-refractivity contribution in [1.82, 2.24) is 25.3 Å². The molecular formula is C47H77N7O6. The summed E-state index contributed by atoms with van der Waals surface area (Å²) >= 11 is 0. The van der Waals surface area contributed by atoms with Crippen molar-refractivity contribution in [2.75, 3.05) is 59.0 Å². The number of anilines is 2. The van der Waals surface area contributed by atoms with Crippen LogP contribution in [0.4, 0.5) is 11.4 Å². The number of carbonyl (C=O) groups is 4. The van der Waals surface area contributed by atoms with Gasteiger partial charge in [-0.3, -0.25) is 19.2 Å². The molecule has 9 unspecified atom stereocenters. The van der Waals surface area contributed by atoms with Crippen molar-refractivity contribution in [3.8, 4) is 0 Å². The molecule has 13 heteroatoms. The molecule has 13 nitrogen and oxygen atoms in total. The van der Waals surface area contributed by atoms with E-state index in [2.05, 4.69) is 76.4 Å². The maximum absolute atomic E-state index is 14.4. The van der Waals surface area contributed by atoms with E-state index in [-0.39, 0.29) is 66.4 Å². The largest absolute Gasteiger partial charge is 0.399 e. The second-order valence-electron chi connectivity index (χ2n) is 17.5. The van der Waals surface area contributed by atoms with Crippen LogP contribution in [0.1, 0.15) is 86.6 Å². The number of nitrogens with one attached hydrogen (secondary N) is 3. The van der Waals surface area contributed by atoms with Gasteiger partial charge in [-0.05, 0) is 74.0 Å². The van der Waals surface area contributed by atoms with Crippen LogP contribution in [0.15, 0.2) is 54.6 Å². The van der Waals surface area contributed by atoms with Crippen molar-refractivity contribution in [2.45, 2.75) is 130 Å². The van der Waals surface area contributed by atoms with E-state index in [1.165, 1.54) is 0 Å². The van der Waals surface area contributed by atoms with E-state index >= 15 is 0 Å². The minimum absolute atomic E-state index is 0.0162. The summed E-state index contributed by atoms with van der Waals surface area (Å²) in [4.78, 5) is 62.4. The van der Waals surface area contributed by atoms with Crippen molar-refractivity contribution in [2.24, 2.45) is 23.7 Å². The number of hydrogen-bond donors (Lipinski definition) is 4. The van der Waals surface area contributed by atoms with E-state index in [4.69, 9.17) is 15.2 Å². The Kier molecular flexibility index (Phi) is 20.5. The molecule has 0 spiro atoms. The summed E-state index contributed by atoms with van der Waals surface area (Å²) in [7, 11) is 7.13. The number of nitrogens with two attached hydrogens (primary N) is 1. The molecule has 0 radical (unpaired) electrons. The zero-order chi connectivity index (χ0) is 44.7. The van der Waals surface area contributed by atoms with E-state index in [0.717, 1.165) is 24.9 Å². The molecule has 1 fully saturated rings. The molecule has 60 heavy (non-hydrogen) atoms. The van der Waals surface area contributed by atoms with Gasteiger partial charge in [-0.25, -0.2) is 0 Å². The van der Waals surface area contributed by atoms with Crippen LogP contribution in [-0.2, 0) is 35.1 Å². The zero-order valence-electron chi connectivity index (χ0n) is 38.6. The third-order valence-electron chi connectivity index (χ3n) is 12.7. The maximum atomic E-state index is 14.4. The predicted octanol–water partition coefficient (Wildman–Crippen LogP) is 5.45. The fraction of sp³-hybridized carbons (Fsp3) is 0.660. The first-order chi connectivity index (χ1) is 28.5. The molecule has 1 aliphatic rings. The number of methoxy groups -OCH3 is 2. The number of benzene rings is 2. The summed E-state index contributed by atoms with van der Waals surface area (Å²) in [6, 6.07) is 14.6. The quantitative estimate of drug-likeness (QED) is 0.101. The third-order valence-corrected chi connectivity index (χ3v) is 12.7. The molecule has 336 valence electrons. The van der Waals surface area contributed by atoms with Crippen molar-refractivity contribution in [3.05, 3.63) is 60.2 Å². The first-order valence-electron chi connectivity index (χ1n) is 22.0. The van der Waals surface area contributed by atoms with Gasteiger partial charge in [0.1, 0.15) is 6.04 Å². The SMILES string of the molecule is CCC(C)C(C(CC(=O)N1CCCC1C(OC)C(C)C(=O)NC(Cc1ccccc1)C(=O)Nc1ccc(N)cc1)OC)N(C)C(=O)C(NCC(C(C)C)N(C)CC)C(C)C. The maximum Gasteiger partial charge on any atom is 0.247 e. The molecule has 0 aromatic heterocycles. The third kappa shape index (κ3) is 13.7. The van der Waals surface area contributed by atoms with Crippen LogP contribution >= 0.6 is 0 Å². The minimum Gasteiger partial charge on any atom is -0.399 e. The molecule has 1 saturated heterocycles. The van der Waals surface area contributed by atoms with Gasteiger partial charge in [0.2, 0.25) is 23.6 Å². The molecule has 4 amide bonds. The molecule has 0 saturated carbocycles. The van der Waals surface area contributed by atoms with Gasteiger partial charge in [0.15, 0.2) is 0 Å². The van der Waals surface area contributed by atoms with E-state index in [1.807, 2.05) is 47.2 Å². The van der Waals surface area contributed by atoms with Crippen molar-refractivity contribution >= 4 is 35.0 Å². The number of likely N-dealkylation sites (N-methyl/N-ethyl adjacent to an activating group) is 2. The van der Waals surface area contributed by atoms with Crippen molar-refractivity contribution < 1.29 is 28.7 Å². The zero-order valence-corrected chi connectivity index (χ0v) is 38.6. The standard InChI is InChI=1S/C47H77N7O6/c1-13-32(7)43(53(10)47(58)42(31(5)6)49-29-39(30(3)4)52(9)14-2)40(59-11)28-41(55)54-26-18-21-38(54)44(60-12)33(8)45(56)51-37(27-34-19-16-15-17-20-34)46(57)50-36-24-22-35(48)23-25-36/h15-17,19-20,22-25,30-33,37-40,42-44,49H,13-14,18,21,26-29,48H2,1-12H3,(H,50,57)(H,51,56). The Morgan fingerprint density at radius 2 is 1.53 bits per heavy atom. The van der Waals surface area contributed by atoms with Crippen LogP contribution in [-0.4, -0.2) is 129 Å². The van der Waals surface area contributed by atoms with Crippen LogP contribution < -0.4 is 21.7 Å². The highest BCUT2D eigenvalue weighted by Gasteiger charge is 2.43. The molecule has 2 aromatic rings. The highest BCUT2D eigenvalue weighted by atomic mass is 16.5. The van der Waals surface area contributed by atoms with Gasteiger partial charge in [0.25, 0.3) is 0 Å². The molecule has 0 bridgehead atoms. The van der Waals surface area contributed by atoms with Crippen LogP contribution in [0.25, 0.3) is 0 Å². The van der Waals surface area contributed by atoms with Crippen LogP contribution in [0, 0.1) is 23.7 Å². The van der Waals surface area contributed by atoms with Gasteiger partial charge in [-0.2, -0.15) is 0 Å². The average Bonchev–Trinajstić information content (AvgIpc) is 3.72. The highest BCUT2D eigenvalue weighted by molar-refractivity contribution is 5.97. The Labute approximate surface area is 360 Å². The topological polar surface area (TPSA) is 159 Å². The Morgan fingerprint density at radius 3 is 2.08 bits per heavy atom. The Balaban J connectivity index is 1.79. The summed E-state index contributed by atoms with van der Waals surface area (Å²) in [5.74, 6) is -1.04. The van der Waals surface area contributed by atoms with Crippen LogP contribution in [0.3, 0.4) is 0 Å². The molecule has 2 aromatic carbocycles. The molecule has 1 aliphatic heterocycles. The highest BCUT2D eigenvalue weighted by Crippen LogP contribution is 2.30. The van der Waals surface area contributed by atoms with E-state index < -0.39 is 30.2 Å². The van der Waals surface area contributed by atoms with Crippen LogP contribution in [0.5, 0.6) is 0 Å². The lowest BCUT2D eigenvalue weighted by atomic mass is 9.89. The first-order valence-corrected chi connectivity index (χ1v) is 22.0. The summed E-state index contributed by atoms with van der Waals surface area (Å²) < 4.78 is 12.1. The number of hydrogen-bond acceptors (Lipinski definition) is 9. The molecule has 5 N–H and O–H groups in total. The number of likely N-dealkylation sites (tertiary alicyclic amines) is 1. The van der Waals surface area contributed by atoms with E-state index in [1.54, 1.807) is 45.4 Å². The minimum atomic E-state index is -0.877. The second-order valence-corrected chi connectivity index (χ2v) is 17.5. The molecule has 0 aliphatic carbocycles. The van der Waals surface area contributed by atoms with Crippen LogP contribution in [0.2, 0.25) is 0 Å². The number of nitrogens with zero attached hydrogens (tertiary/aromatic N) is 3. The Bertz CT molecular complexity index is 1630. The Hall–Kier alpha value is -4.04. The van der Waals surface area contributed by atoms with Gasteiger partial charge in [0, 0.05) is 58.2 Å². The van der Waals surface area contributed by atoms with Crippen molar-refractivity contribution in [1.29, 1.82) is 0 Å². The molecule has 1 heterocycles. The molecular weight excluding hydrogens is 759 g/mol. The smallest absolute Gasteiger partial charge is 0.247 e. The average molecular weight is 836 g/mol. The monoisotopic (exact) mass is 836 g/mol. The van der Waals surface area contributed by atoms with Crippen molar-refractivity contribution in [3.63, 3.8) is 0 Å². The summed E-state index contributed by atoms with van der Waals surface area (Å²) in [6.45, 7) is 18.8. The van der Waals surface area contributed by atoms with E-state index in [9.17, 15) is 19.2 Å². The fourth-order valence-corrected chi connectivity index (χ4v) is 8.67. The van der Waals surface area contributed by atoms with Gasteiger partial charge in [-0.15, -0.1) is 0 Å². The molecule has 3 rings (SSSR count). The number of rotatable bonds is 24. The lowest BCUT2D eigenvalue weighted by Crippen LogP contribution is -2.58. The number of carbonyl (C=O) groups excluding carboxylic acids is 4. The lowest BCUT2D eigenvalue weighted by molar-refractivity contribution is -0.147. The number of ether oxygens (including phenoxy) is 2. The van der Waals surface area contributed by atoms with Gasteiger partial charge < -0.3 is 45.9 Å². The first kappa shape index (κ1) is 50.3. The van der Waals surface area contributed by atoms with E-state index in [0.29, 0.717) is 36.8 Å². The number of nitrogen functional groups attached to an aromatic ring is 1. The van der Waals surface area contributed by atoms with Gasteiger partial charge in [0.05, 0.1) is 42.7 Å². The summed E-state index contributed by atoms with van der Waals surface area (Å²) in [5.41, 5.74) is 7.88. The van der Waals surface area contributed by atoms with Gasteiger partial charge >= 0.3 is 0 Å². The lowest BCUT2D eigenvalue weighted by Gasteiger charge is -2.41. The second kappa shape index (κ2) is 24.4. The van der Waals surface area contributed by atoms with Gasteiger partial charge in [-0.1, -0.05) is 92.1 Å².